The summed E-state index contributed by atoms with van der Waals surface area (Å²) in [6.45, 7) is 3.45. The van der Waals surface area contributed by atoms with E-state index >= 15 is 0 Å². The summed E-state index contributed by atoms with van der Waals surface area (Å²) < 4.78 is 21.5. The van der Waals surface area contributed by atoms with Crippen LogP contribution in [-0.2, 0) is 33.3 Å². The van der Waals surface area contributed by atoms with Gasteiger partial charge in [-0.3, -0.25) is 9.59 Å². The number of carbonyl (C=O) groups excluding carboxylic acids is 2. The number of unbranched alkanes of at least 4 members (excludes halogenated alkanes) is 5. The molecule has 1 fully saturated rings. The summed E-state index contributed by atoms with van der Waals surface area (Å²) in [5, 5.41) is 39.7. The van der Waals surface area contributed by atoms with Crippen molar-refractivity contribution in [3.8, 4) is 0 Å². The molecule has 1 heterocycles. The smallest absolute Gasteiger partial charge is 0.335 e. The molecule has 314 valence electrons. The van der Waals surface area contributed by atoms with Crippen LogP contribution in [-0.4, -0.2) is 88.4 Å². The number of hydrogen-bond donors (Lipinski definition) is 4. The highest BCUT2D eigenvalue weighted by molar-refractivity contribution is 5.73. The van der Waals surface area contributed by atoms with Crippen LogP contribution in [0.15, 0.2) is 97.2 Å². The SMILES string of the molecule is CC/C=C\C/C=C\C/C=C\C/C=C\C/C=C\CC(=O)OCC(COC1OC(C(=O)O)C(O)C(O)C1O)OC(=O)CCCCCCC/C=C\C/C=C\C/C=C\CC. The van der Waals surface area contributed by atoms with E-state index in [9.17, 15) is 34.8 Å². The Morgan fingerprint density at radius 2 is 1.05 bits per heavy atom. The van der Waals surface area contributed by atoms with Crippen LogP contribution in [0.5, 0.6) is 0 Å². The Kier molecular flexibility index (Phi) is 30.8. The molecular formula is C45H68O11. The molecule has 1 aliphatic rings. The molecule has 0 amide bonds. The molecule has 0 radical (unpaired) electrons. The predicted molar refractivity (Wildman–Crippen MR) is 219 cm³/mol. The molecule has 1 aliphatic heterocycles. The lowest BCUT2D eigenvalue weighted by atomic mass is 9.99. The molecule has 6 atom stereocenters. The second kappa shape index (κ2) is 34.4. The van der Waals surface area contributed by atoms with E-state index in [1.54, 1.807) is 6.08 Å². The minimum absolute atomic E-state index is 0.00630. The highest BCUT2D eigenvalue weighted by Gasteiger charge is 2.47. The third-order valence-electron chi connectivity index (χ3n) is 8.46. The Bertz CT molecular complexity index is 1290. The average molecular weight is 785 g/mol. The third-order valence-corrected chi connectivity index (χ3v) is 8.46. The number of aliphatic carboxylic acids is 1. The van der Waals surface area contributed by atoms with Crippen molar-refractivity contribution in [2.75, 3.05) is 13.2 Å². The zero-order chi connectivity index (χ0) is 41.1. The molecule has 11 heteroatoms. The first-order chi connectivity index (χ1) is 27.2. The van der Waals surface area contributed by atoms with E-state index in [0.717, 1.165) is 77.0 Å². The zero-order valence-corrected chi connectivity index (χ0v) is 33.6. The van der Waals surface area contributed by atoms with E-state index in [-0.39, 0.29) is 19.4 Å². The minimum atomic E-state index is -1.88. The van der Waals surface area contributed by atoms with E-state index in [1.165, 1.54) is 0 Å². The van der Waals surface area contributed by atoms with Crippen molar-refractivity contribution >= 4 is 17.9 Å². The second-order valence-electron chi connectivity index (χ2n) is 13.4. The highest BCUT2D eigenvalue weighted by atomic mass is 16.7. The molecule has 0 aromatic carbocycles. The number of hydrogen-bond acceptors (Lipinski definition) is 10. The maximum absolute atomic E-state index is 12.7. The van der Waals surface area contributed by atoms with Crippen LogP contribution in [0.3, 0.4) is 0 Å². The summed E-state index contributed by atoms with van der Waals surface area (Å²) in [7, 11) is 0. The molecule has 0 aliphatic carbocycles. The van der Waals surface area contributed by atoms with Crippen molar-refractivity contribution in [2.24, 2.45) is 0 Å². The van der Waals surface area contributed by atoms with Crippen LogP contribution >= 0.6 is 0 Å². The topological polar surface area (TPSA) is 169 Å². The van der Waals surface area contributed by atoms with Gasteiger partial charge in [0, 0.05) is 6.42 Å². The average Bonchev–Trinajstić information content (AvgIpc) is 3.18. The van der Waals surface area contributed by atoms with Gasteiger partial charge in [0.1, 0.15) is 24.9 Å². The molecule has 1 saturated heterocycles. The van der Waals surface area contributed by atoms with Crippen LogP contribution in [0, 0.1) is 0 Å². The fourth-order valence-electron chi connectivity index (χ4n) is 5.32. The second-order valence-corrected chi connectivity index (χ2v) is 13.4. The van der Waals surface area contributed by atoms with E-state index in [4.69, 9.17) is 18.9 Å². The normalized spacial score (nSPS) is 21.3. The summed E-state index contributed by atoms with van der Waals surface area (Å²) in [5.41, 5.74) is 0. The first-order valence-corrected chi connectivity index (χ1v) is 20.3. The number of esters is 2. The third kappa shape index (κ3) is 26.1. The van der Waals surface area contributed by atoms with Gasteiger partial charge in [0.25, 0.3) is 0 Å². The maximum Gasteiger partial charge on any atom is 0.335 e. The van der Waals surface area contributed by atoms with Crippen molar-refractivity contribution < 1.29 is 53.8 Å². The number of carbonyl (C=O) groups is 3. The lowest BCUT2D eigenvalue weighted by molar-refractivity contribution is -0.298. The van der Waals surface area contributed by atoms with Gasteiger partial charge in [0.15, 0.2) is 18.5 Å². The Balaban J connectivity index is 2.51. The van der Waals surface area contributed by atoms with Crippen molar-refractivity contribution in [1.29, 1.82) is 0 Å². The standard InChI is InChI=1S/C45H68O11/c1-3-5-7-9-11-13-15-17-19-21-23-25-27-29-31-33-38(46)53-35-37(36-54-45-42(50)40(48)41(49)43(56-45)44(51)52)55-39(47)34-32-30-28-26-24-22-20-18-16-14-12-10-8-6-4-2/h5-8,11-14,17-20,23,25,29,31,37,40-43,45,48-50H,3-4,9-10,15-16,21-22,24,26-28,30,32-36H2,1-2H3,(H,51,52)/b7-5-,8-6-,13-11-,14-12-,19-17-,20-18-,25-23-,31-29-. The maximum atomic E-state index is 12.7. The number of aliphatic hydroxyl groups excluding tert-OH is 3. The summed E-state index contributed by atoms with van der Waals surface area (Å²) in [6, 6.07) is 0. The summed E-state index contributed by atoms with van der Waals surface area (Å²) >= 11 is 0. The summed E-state index contributed by atoms with van der Waals surface area (Å²) in [4.78, 5) is 36.7. The van der Waals surface area contributed by atoms with E-state index in [1.807, 2.05) is 18.2 Å². The lowest BCUT2D eigenvalue weighted by Crippen LogP contribution is -2.60. The summed E-state index contributed by atoms with van der Waals surface area (Å²) in [6.07, 6.45) is 36.3. The molecule has 1 rings (SSSR count). The van der Waals surface area contributed by atoms with Gasteiger partial charge in [0.05, 0.1) is 13.0 Å². The number of rotatable bonds is 31. The Hall–Kier alpha value is -3.87. The number of ether oxygens (including phenoxy) is 4. The molecule has 4 N–H and O–H groups in total. The fraction of sp³-hybridized carbons (Fsp3) is 0.578. The first-order valence-electron chi connectivity index (χ1n) is 20.3. The monoisotopic (exact) mass is 784 g/mol. The van der Waals surface area contributed by atoms with Crippen molar-refractivity contribution in [3.63, 3.8) is 0 Å². The van der Waals surface area contributed by atoms with Crippen LogP contribution < -0.4 is 0 Å². The Labute approximate surface area is 334 Å². The molecule has 0 aromatic heterocycles. The van der Waals surface area contributed by atoms with Gasteiger partial charge in [-0.1, -0.05) is 130 Å². The molecule has 56 heavy (non-hydrogen) atoms. The summed E-state index contributed by atoms with van der Waals surface area (Å²) in [5.74, 6) is -2.64. The largest absolute Gasteiger partial charge is 0.479 e. The Morgan fingerprint density at radius 3 is 1.59 bits per heavy atom. The molecule has 0 saturated carbocycles. The van der Waals surface area contributed by atoms with E-state index < -0.39 is 61.3 Å². The van der Waals surface area contributed by atoms with Gasteiger partial charge in [-0.15, -0.1) is 0 Å². The predicted octanol–water partition coefficient (Wildman–Crippen LogP) is 8.08. The number of carboxylic acids is 1. The molecule has 0 aromatic rings. The van der Waals surface area contributed by atoms with Crippen molar-refractivity contribution in [2.45, 2.75) is 153 Å². The lowest BCUT2D eigenvalue weighted by Gasteiger charge is -2.38. The van der Waals surface area contributed by atoms with E-state index in [2.05, 4.69) is 86.8 Å². The van der Waals surface area contributed by atoms with Gasteiger partial charge in [-0.05, 0) is 70.6 Å². The quantitative estimate of drug-likeness (QED) is 0.0305. The van der Waals surface area contributed by atoms with Gasteiger partial charge in [-0.2, -0.15) is 0 Å². The minimum Gasteiger partial charge on any atom is -0.479 e. The molecule has 6 unspecified atom stereocenters. The molecule has 0 spiro atoms. The first kappa shape index (κ1) is 50.1. The fourth-order valence-corrected chi connectivity index (χ4v) is 5.32. The van der Waals surface area contributed by atoms with Gasteiger partial charge in [0.2, 0.25) is 0 Å². The Morgan fingerprint density at radius 1 is 0.571 bits per heavy atom. The van der Waals surface area contributed by atoms with Crippen LogP contribution in [0.2, 0.25) is 0 Å². The zero-order valence-electron chi connectivity index (χ0n) is 33.6. The molecular weight excluding hydrogens is 716 g/mol. The van der Waals surface area contributed by atoms with E-state index in [0.29, 0.717) is 12.8 Å². The van der Waals surface area contributed by atoms with Gasteiger partial charge in [-0.25, -0.2) is 4.79 Å². The van der Waals surface area contributed by atoms with Crippen molar-refractivity contribution in [3.05, 3.63) is 97.2 Å². The van der Waals surface area contributed by atoms with Gasteiger partial charge >= 0.3 is 17.9 Å². The number of carboxylic acid groups (broad SMARTS) is 1. The van der Waals surface area contributed by atoms with Crippen LogP contribution in [0.1, 0.15) is 117 Å². The van der Waals surface area contributed by atoms with Crippen LogP contribution in [0.4, 0.5) is 0 Å². The number of allylic oxidation sites excluding steroid dienone is 15. The molecule has 0 bridgehead atoms. The highest BCUT2D eigenvalue weighted by Crippen LogP contribution is 2.23. The van der Waals surface area contributed by atoms with Gasteiger partial charge < -0.3 is 39.4 Å². The van der Waals surface area contributed by atoms with Crippen LogP contribution in [0.25, 0.3) is 0 Å². The van der Waals surface area contributed by atoms with Crippen molar-refractivity contribution in [1.82, 2.24) is 0 Å². The number of aliphatic hydroxyl groups is 3. The molecule has 11 nitrogen and oxygen atoms in total.